The zero-order chi connectivity index (χ0) is 24.3. The van der Waals surface area contributed by atoms with Crippen LogP contribution in [-0.4, -0.2) is 82.0 Å². The summed E-state index contributed by atoms with van der Waals surface area (Å²) in [6.45, 7) is 16.1. The Morgan fingerprint density at radius 2 is 1.81 bits per heavy atom. The minimum atomic E-state index is -1.01. The van der Waals surface area contributed by atoms with Crippen molar-refractivity contribution in [3.8, 4) is 0 Å². The molecule has 178 valence electrons. The minimum absolute atomic E-state index is 0.0133. The lowest BCUT2D eigenvalue weighted by atomic mass is 9.84. The fourth-order valence-electron chi connectivity index (χ4n) is 4.01. The van der Waals surface area contributed by atoms with Gasteiger partial charge in [-0.05, 0) is 39.2 Å². The number of carbonyl (C=O) groups excluding carboxylic acids is 2. The van der Waals surface area contributed by atoms with Crippen molar-refractivity contribution in [2.75, 3.05) is 26.4 Å². The molecule has 31 heavy (non-hydrogen) atoms. The summed E-state index contributed by atoms with van der Waals surface area (Å²) >= 11 is 1.77. The Labute approximate surface area is 192 Å². The van der Waals surface area contributed by atoms with Gasteiger partial charge in [-0.25, -0.2) is 4.79 Å². The van der Waals surface area contributed by atoms with E-state index in [-0.39, 0.29) is 34.1 Å². The first kappa shape index (κ1) is 27.5. The number of carbonyl (C=O) groups is 3. The predicted octanol–water partition coefficient (Wildman–Crippen LogP) is 2.86. The molecule has 1 fully saturated rings. The molecular weight excluding hydrogens is 414 g/mol. The monoisotopic (exact) mass is 455 g/mol. The number of rotatable bonds is 7. The van der Waals surface area contributed by atoms with Crippen LogP contribution in [0.5, 0.6) is 0 Å². The molecule has 0 spiro atoms. The van der Waals surface area contributed by atoms with E-state index in [4.69, 9.17) is 0 Å². The first-order valence-electron chi connectivity index (χ1n) is 10.8. The SMILES string of the molecule is C/C(=C\[C@H](C(C)C)N(C)C(=O)[C@@H](NC(=O)[C@H]1N(C)CCSC1(C)C)C(C)(C)C)C(=O)O. The summed E-state index contributed by atoms with van der Waals surface area (Å²) in [5.41, 5.74) is -0.323. The molecule has 0 aromatic rings. The van der Waals surface area contributed by atoms with Gasteiger partial charge in [0.05, 0.1) is 6.04 Å². The van der Waals surface area contributed by atoms with E-state index in [2.05, 4.69) is 24.1 Å². The van der Waals surface area contributed by atoms with Gasteiger partial charge in [-0.2, -0.15) is 11.8 Å². The number of hydrogen-bond donors (Lipinski definition) is 2. The predicted molar refractivity (Wildman–Crippen MR) is 127 cm³/mol. The smallest absolute Gasteiger partial charge is 0.331 e. The quantitative estimate of drug-likeness (QED) is 0.574. The third-order valence-electron chi connectivity index (χ3n) is 5.90. The molecule has 3 atom stereocenters. The van der Waals surface area contributed by atoms with Crippen LogP contribution in [0.4, 0.5) is 0 Å². The first-order valence-corrected chi connectivity index (χ1v) is 11.8. The van der Waals surface area contributed by atoms with Crippen molar-refractivity contribution in [1.82, 2.24) is 15.1 Å². The van der Waals surface area contributed by atoms with E-state index < -0.39 is 23.5 Å². The summed E-state index contributed by atoms with van der Waals surface area (Å²) < 4.78 is -0.268. The van der Waals surface area contributed by atoms with Crippen LogP contribution in [0.25, 0.3) is 0 Å². The Morgan fingerprint density at radius 1 is 1.26 bits per heavy atom. The Morgan fingerprint density at radius 3 is 2.23 bits per heavy atom. The summed E-state index contributed by atoms with van der Waals surface area (Å²) in [5, 5.41) is 12.3. The van der Waals surface area contributed by atoms with Gasteiger partial charge in [-0.1, -0.05) is 40.7 Å². The number of thioether (sulfide) groups is 1. The van der Waals surface area contributed by atoms with Crippen LogP contribution in [0, 0.1) is 11.3 Å². The lowest BCUT2D eigenvalue weighted by molar-refractivity contribution is -0.141. The van der Waals surface area contributed by atoms with Gasteiger partial charge in [-0.3, -0.25) is 14.5 Å². The first-order chi connectivity index (χ1) is 14.0. The number of hydrogen-bond acceptors (Lipinski definition) is 5. The van der Waals surface area contributed by atoms with Gasteiger partial charge in [-0.15, -0.1) is 0 Å². The van der Waals surface area contributed by atoms with Gasteiger partial charge in [0.2, 0.25) is 11.8 Å². The van der Waals surface area contributed by atoms with Crippen LogP contribution in [0.3, 0.4) is 0 Å². The highest BCUT2D eigenvalue weighted by atomic mass is 32.2. The van der Waals surface area contributed by atoms with Gasteiger partial charge >= 0.3 is 5.97 Å². The Kier molecular flexibility index (Phi) is 9.21. The summed E-state index contributed by atoms with van der Waals surface area (Å²) in [4.78, 5) is 41.9. The van der Waals surface area contributed by atoms with E-state index in [0.717, 1.165) is 12.3 Å². The number of likely N-dealkylation sites (N-methyl/N-ethyl adjacent to an activating group) is 2. The van der Waals surface area contributed by atoms with Crippen LogP contribution in [-0.2, 0) is 14.4 Å². The fourth-order valence-corrected chi connectivity index (χ4v) is 5.36. The maximum Gasteiger partial charge on any atom is 0.331 e. The molecular formula is C23H41N3O4S. The van der Waals surface area contributed by atoms with E-state index in [1.165, 1.54) is 6.92 Å². The number of nitrogens with one attached hydrogen (secondary N) is 1. The summed E-state index contributed by atoms with van der Waals surface area (Å²) in [5.74, 6) is -0.410. The van der Waals surface area contributed by atoms with E-state index in [1.54, 1.807) is 29.8 Å². The largest absolute Gasteiger partial charge is 0.478 e. The van der Waals surface area contributed by atoms with Crippen molar-refractivity contribution in [3.05, 3.63) is 11.6 Å². The summed E-state index contributed by atoms with van der Waals surface area (Å²) in [6.07, 6.45) is 1.61. The standard InChI is InChI=1S/C23H41N3O4S/c1-14(2)16(13-15(3)21(29)30)26(10)20(28)17(22(4,5)6)24-19(27)18-23(7,8)31-12-11-25(18)9/h13-14,16-18H,11-12H2,1-10H3,(H,24,27)(H,29,30)/b15-13+/t16-,17-,18-/m1/s1. The van der Waals surface area contributed by atoms with E-state index in [1.807, 2.05) is 41.7 Å². The molecule has 0 aliphatic carbocycles. The van der Waals surface area contributed by atoms with Crippen molar-refractivity contribution in [3.63, 3.8) is 0 Å². The number of nitrogens with zero attached hydrogens (tertiary/aromatic N) is 2. The highest BCUT2D eigenvalue weighted by molar-refractivity contribution is 8.00. The lowest BCUT2D eigenvalue weighted by Gasteiger charge is -2.44. The third-order valence-corrected chi connectivity index (χ3v) is 7.26. The summed E-state index contributed by atoms with van der Waals surface area (Å²) in [6, 6.07) is -1.47. The molecule has 1 aliphatic heterocycles. The zero-order valence-electron chi connectivity index (χ0n) is 20.8. The molecule has 0 saturated carbocycles. The molecule has 2 amide bonds. The number of carboxylic acids is 1. The van der Waals surface area contributed by atoms with Gasteiger partial charge < -0.3 is 15.3 Å². The second kappa shape index (κ2) is 10.4. The van der Waals surface area contributed by atoms with Crippen LogP contribution >= 0.6 is 11.8 Å². The maximum absolute atomic E-state index is 13.6. The van der Waals surface area contributed by atoms with Crippen molar-refractivity contribution >= 4 is 29.5 Å². The second-order valence-electron chi connectivity index (χ2n) is 10.5. The maximum atomic E-state index is 13.6. The fraction of sp³-hybridized carbons (Fsp3) is 0.783. The van der Waals surface area contributed by atoms with Crippen molar-refractivity contribution in [2.45, 2.75) is 78.3 Å². The van der Waals surface area contributed by atoms with Crippen LogP contribution in [0.15, 0.2) is 11.6 Å². The zero-order valence-corrected chi connectivity index (χ0v) is 21.6. The minimum Gasteiger partial charge on any atom is -0.478 e. The number of amides is 2. The molecule has 0 radical (unpaired) electrons. The van der Waals surface area contributed by atoms with E-state index in [0.29, 0.717) is 0 Å². The second-order valence-corrected chi connectivity index (χ2v) is 12.2. The topological polar surface area (TPSA) is 90.0 Å². The Bertz CT molecular complexity index is 712. The van der Waals surface area contributed by atoms with Crippen LogP contribution < -0.4 is 5.32 Å². The summed E-state index contributed by atoms with van der Waals surface area (Å²) in [7, 11) is 3.62. The molecule has 0 unspecified atom stereocenters. The van der Waals surface area contributed by atoms with Crippen molar-refractivity contribution in [2.24, 2.45) is 11.3 Å². The highest BCUT2D eigenvalue weighted by Gasteiger charge is 2.44. The van der Waals surface area contributed by atoms with Crippen LogP contribution in [0.2, 0.25) is 0 Å². The molecule has 7 nitrogen and oxygen atoms in total. The van der Waals surface area contributed by atoms with Gasteiger partial charge in [0, 0.05) is 29.7 Å². The normalized spacial score (nSPS) is 22.0. The lowest BCUT2D eigenvalue weighted by Crippen LogP contribution is -2.63. The van der Waals surface area contributed by atoms with Gasteiger partial charge in [0.25, 0.3) is 0 Å². The van der Waals surface area contributed by atoms with E-state index in [9.17, 15) is 19.5 Å². The molecule has 1 heterocycles. The number of carboxylic acid groups (broad SMARTS) is 1. The molecule has 8 heteroatoms. The van der Waals surface area contributed by atoms with Crippen LogP contribution in [0.1, 0.15) is 55.4 Å². The molecule has 0 bridgehead atoms. The average molecular weight is 456 g/mol. The Balaban J connectivity index is 3.21. The van der Waals surface area contributed by atoms with Crippen molar-refractivity contribution in [1.29, 1.82) is 0 Å². The van der Waals surface area contributed by atoms with Crippen molar-refractivity contribution < 1.29 is 19.5 Å². The molecule has 1 saturated heterocycles. The molecule has 0 aromatic heterocycles. The molecule has 0 aromatic carbocycles. The molecule has 1 aliphatic rings. The molecule has 1 rings (SSSR count). The van der Waals surface area contributed by atoms with Gasteiger partial charge in [0.15, 0.2) is 0 Å². The highest BCUT2D eigenvalue weighted by Crippen LogP contribution is 2.35. The van der Waals surface area contributed by atoms with E-state index >= 15 is 0 Å². The number of aliphatic carboxylic acids is 1. The average Bonchev–Trinajstić information content (AvgIpc) is 2.60. The van der Waals surface area contributed by atoms with Gasteiger partial charge in [0.1, 0.15) is 12.1 Å². The molecule has 2 N–H and O–H groups in total. The third kappa shape index (κ3) is 6.97. The Hall–Kier alpha value is -1.54.